The molecule has 0 aliphatic carbocycles. The summed E-state index contributed by atoms with van der Waals surface area (Å²) in [5.41, 5.74) is 2.90. The number of para-hydroxylation sites is 1. The van der Waals surface area contributed by atoms with E-state index < -0.39 is 0 Å². The van der Waals surface area contributed by atoms with Crippen molar-refractivity contribution in [1.82, 2.24) is 19.3 Å². The summed E-state index contributed by atoms with van der Waals surface area (Å²) in [5.74, 6) is 0.164. The van der Waals surface area contributed by atoms with Gasteiger partial charge in [-0.05, 0) is 38.5 Å². The van der Waals surface area contributed by atoms with E-state index in [0.717, 1.165) is 23.5 Å². The molecule has 146 valence electrons. The van der Waals surface area contributed by atoms with Gasteiger partial charge >= 0.3 is 0 Å². The maximum absolute atomic E-state index is 12.9. The van der Waals surface area contributed by atoms with Gasteiger partial charge in [0.1, 0.15) is 6.54 Å². The monoisotopic (exact) mass is 379 g/mol. The molecule has 0 aliphatic heterocycles. The first-order valence-corrected chi connectivity index (χ1v) is 9.36. The molecule has 0 radical (unpaired) electrons. The summed E-state index contributed by atoms with van der Waals surface area (Å²) in [6, 6.07) is 12.8. The SMILES string of the molecule is CCCc1cc(=O)n(CC(=O)N(C)c2ccccc2)c(-n2nc(C)cc2C)n1. The van der Waals surface area contributed by atoms with Crippen molar-refractivity contribution >= 4 is 11.6 Å². The Morgan fingerprint density at radius 2 is 1.86 bits per heavy atom. The molecule has 0 unspecified atom stereocenters. The van der Waals surface area contributed by atoms with E-state index in [1.54, 1.807) is 11.7 Å². The van der Waals surface area contributed by atoms with Crippen LogP contribution in [0.15, 0.2) is 47.3 Å². The minimum Gasteiger partial charge on any atom is -0.314 e. The van der Waals surface area contributed by atoms with Crippen molar-refractivity contribution in [2.45, 2.75) is 40.2 Å². The van der Waals surface area contributed by atoms with Gasteiger partial charge in [0.2, 0.25) is 11.9 Å². The lowest BCUT2D eigenvalue weighted by molar-refractivity contribution is -0.118. The van der Waals surface area contributed by atoms with Gasteiger partial charge in [-0.25, -0.2) is 9.67 Å². The molecule has 0 N–H and O–H groups in total. The normalized spacial score (nSPS) is 10.9. The second kappa shape index (κ2) is 8.21. The van der Waals surface area contributed by atoms with Crippen LogP contribution >= 0.6 is 0 Å². The highest BCUT2D eigenvalue weighted by Crippen LogP contribution is 2.14. The molecule has 0 saturated carbocycles. The summed E-state index contributed by atoms with van der Waals surface area (Å²) in [5, 5.41) is 4.46. The Labute approximate surface area is 164 Å². The van der Waals surface area contributed by atoms with Crippen molar-refractivity contribution in [3.8, 4) is 5.95 Å². The van der Waals surface area contributed by atoms with Crippen molar-refractivity contribution in [3.05, 3.63) is 69.9 Å². The van der Waals surface area contributed by atoms with E-state index in [4.69, 9.17) is 0 Å². The zero-order chi connectivity index (χ0) is 20.3. The van der Waals surface area contributed by atoms with E-state index in [1.807, 2.05) is 57.2 Å². The predicted molar refractivity (Wildman–Crippen MR) is 109 cm³/mol. The molecule has 0 aliphatic rings. The highest BCUT2D eigenvalue weighted by Gasteiger charge is 2.18. The van der Waals surface area contributed by atoms with Crippen LogP contribution in [0.2, 0.25) is 0 Å². The van der Waals surface area contributed by atoms with Gasteiger partial charge in [-0.2, -0.15) is 5.10 Å². The van der Waals surface area contributed by atoms with Crippen molar-refractivity contribution in [2.24, 2.45) is 0 Å². The number of rotatable bonds is 6. The van der Waals surface area contributed by atoms with Crippen LogP contribution in [-0.4, -0.2) is 32.3 Å². The number of anilines is 1. The maximum Gasteiger partial charge on any atom is 0.255 e. The van der Waals surface area contributed by atoms with Crippen LogP contribution in [0.5, 0.6) is 0 Å². The molecule has 3 rings (SSSR count). The van der Waals surface area contributed by atoms with E-state index in [2.05, 4.69) is 10.1 Å². The standard InChI is InChI=1S/C21H25N5O2/c1-5-9-17-13-19(27)25(21(22-17)26-16(3)12-15(2)23-26)14-20(28)24(4)18-10-7-6-8-11-18/h6-8,10-13H,5,9,14H2,1-4H3. The summed E-state index contributed by atoms with van der Waals surface area (Å²) in [7, 11) is 1.70. The fourth-order valence-electron chi connectivity index (χ4n) is 3.10. The molecule has 1 amide bonds. The second-order valence-electron chi connectivity index (χ2n) is 6.85. The Morgan fingerprint density at radius 3 is 2.46 bits per heavy atom. The second-order valence-corrected chi connectivity index (χ2v) is 6.85. The molecule has 0 saturated heterocycles. The number of carbonyl (C=O) groups is 1. The molecular weight excluding hydrogens is 354 g/mol. The third-order valence-corrected chi connectivity index (χ3v) is 4.56. The molecule has 2 heterocycles. The minimum atomic E-state index is -0.254. The number of aryl methyl sites for hydroxylation is 3. The lowest BCUT2D eigenvalue weighted by Gasteiger charge is -2.19. The van der Waals surface area contributed by atoms with Crippen LogP contribution in [0, 0.1) is 13.8 Å². The van der Waals surface area contributed by atoms with E-state index in [9.17, 15) is 9.59 Å². The van der Waals surface area contributed by atoms with Crippen LogP contribution in [0.4, 0.5) is 5.69 Å². The van der Waals surface area contributed by atoms with Gasteiger partial charge in [0.05, 0.1) is 5.69 Å². The largest absolute Gasteiger partial charge is 0.314 e. The summed E-state index contributed by atoms with van der Waals surface area (Å²) < 4.78 is 3.02. The average Bonchev–Trinajstić information content (AvgIpc) is 3.01. The molecular formula is C21H25N5O2. The van der Waals surface area contributed by atoms with Gasteiger partial charge < -0.3 is 4.90 Å². The van der Waals surface area contributed by atoms with Gasteiger partial charge in [0, 0.05) is 30.2 Å². The maximum atomic E-state index is 12.9. The lowest BCUT2D eigenvalue weighted by atomic mass is 10.2. The summed E-state index contributed by atoms with van der Waals surface area (Å²) in [6.45, 7) is 5.71. The number of amides is 1. The molecule has 3 aromatic rings. The van der Waals surface area contributed by atoms with Gasteiger partial charge in [-0.3, -0.25) is 14.2 Å². The molecule has 28 heavy (non-hydrogen) atoms. The minimum absolute atomic E-state index is 0.114. The topological polar surface area (TPSA) is 73.0 Å². The number of carbonyl (C=O) groups excluding carboxylic acids is 1. The van der Waals surface area contributed by atoms with Crippen molar-refractivity contribution in [2.75, 3.05) is 11.9 Å². The van der Waals surface area contributed by atoms with Crippen LogP contribution in [0.1, 0.15) is 30.4 Å². The Kier molecular flexibility index (Phi) is 5.73. The molecule has 7 nitrogen and oxygen atoms in total. The van der Waals surface area contributed by atoms with Crippen LogP contribution in [0.25, 0.3) is 5.95 Å². The van der Waals surface area contributed by atoms with Crippen molar-refractivity contribution in [3.63, 3.8) is 0 Å². The van der Waals surface area contributed by atoms with E-state index in [-0.39, 0.29) is 18.0 Å². The highest BCUT2D eigenvalue weighted by atomic mass is 16.2. The zero-order valence-corrected chi connectivity index (χ0v) is 16.7. The molecule has 0 spiro atoms. The van der Waals surface area contributed by atoms with Gasteiger partial charge in [-0.1, -0.05) is 31.5 Å². The molecule has 2 aromatic heterocycles. The van der Waals surface area contributed by atoms with Gasteiger partial charge in [-0.15, -0.1) is 0 Å². The number of aromatic nitrogens is 4. The van der Waals surface area contributed by atoms with E-state index >= 15 is 0 Å². The molecule has 1 aromatic carbocycles. The zero-order valence-electron chi connectivity index (χ0n) is 16.7. The molecule has 7 heteroatoms. The number of hydrogen-bond acceptors (Lipinski definition) is 4. The van der Waals surface area contributed by atoms with E-state index in [0.29, 0.717) is 18.1 Å². The third kappa shape index (κ3) is 4.03. The first-order chi connectivity index (χ1) is 13.4. The van der Waals surface area contributed by atoms with Crippen LogP contribution < -0.4 is 10.5 Å². The number of benzene rings is 1. The lowest BCUT2D eigenvalue weighted by Crippen LogP contribution is -2.36. The fraction of sp³-hybridized carbons (Fsp3) is 0.333. The van der Waals surface area contributed by atoms with Gasteiger partial charge in [0.25, 0.3) is 5.56 Å². The number of nitrogens with zero attached hydrogens (tertiary/aromatic N) is 5. The fourth-order valence-corrected chi connectivity index (χ4v) is 3.10. The summed E-state index contributed by atoms with van der Waals surface area (Å²) in [6.07, 6.45) is 1.57. The Morgan fingerprint density at radius 1 is 1.14 bits per heavy atom. The number of hydrogen-bond donors (Lipinski definition) is 0. The first kappa shape index (κ1) is 19.5. The molecule has 0 fully saturated rings. The van der Waals surface area contributed by atoms with Crippen molar-refractivity contribution < 1.29 is 4.79 Å². The Hall–Kier alpha value is -3.22. The third-order valence-electron chi connectivity index (χ3n) is 4.56. The first-order valence-electron chi connectivity index (χ1n) is 9.36. The van der Waals surface area contributed by atoms with Gasteiger partial charge in [0.15, 0.2) is 0 Å². The average molecular weight is 379 g/mol. The number of likely N-dealkylation sites (N-methyl/N-ethyl adjacent to an activating group) is 1. The Balaban J connectivity index is 2.03. The Bertz CT molecular complexity index is 1040. The summed E-state index contributed by atoms with van der Waals surface area (Å²) >= 11 is 0. The smallest absolute Gasteiger partial charge is 0.255 e. The molecule has 0 atom stereocenters. The molecule has 0 bridgehead atoms. The quantitative estimate of drug-likeness (QED) is 0.660. The predicted octanol–water partition coefficient (Wildman–Crippen LogP) is 2.66. The highest BCUT2D eigenvalue weighted by molar-refractivity contribution is 5.92. The van der Waals surface area contributed by atoms with Crippen molar-refractivity contribution in [1.29, 1.82) is 0 Å². The summed E-state index contributed by atoms with van der Waals surface area (Å²) in [4.78, 5) is 31.9. The van der Waals surface area contributed by atoms with E-state index in [1.165, 1.54) is 15.5 Å². The van der Waals surface area contributed by atoms with Crippen LogP contribution in [-0.2, 0) is 17.8 Å². The van der Waals surface area contributed by atoms with Crippen LogP contribution in [0.3, 0.4) is 0 Å².